The number of aliphatic hydroxyl groups is 3. The minimum Gasteiger partial charge on any atom is -0.479 e. The molecule has 7 nitrogen and oxygen atoms in total. The molecule has 0 bridgehead atoms. The second-order valence-corrected chi connectivity index (χ2v) is 2.48. The van der Waals surface area contributed by atoms with E-state index < -0.39 is 30.3 Å². The van der Waals surface area contributed by atoms with Crippen molar-refractivity contribution in [2.45, 2.75) is 24.4 Å². The summed E-state index contributed by atoms with van der Waals surface area (Å²) in [6.07, 6.45) is -5.81. The molecule has 0 amide bonds. The van der Waals surface area contributed by atoms with E-state index in [1.54, 1.807) is 0 Å². The van der Waals surface area contributed by atoms with Gasteiger partial charge in [0.25, 0.3) is 0 Å². The third-order valence-electron chi connectivity index (χ3n) is 1.48. The number of aliphatic hydroxyl groups excluding tert-OH is 3. The van der Waals surface area contributed by atoms with Gasteiger partial charge >= 0.3 is 5.97 Å². The number of aldehydes is 1. The Balaban J connectivity index is 4.32. The Hall–Kier alpha value is -1.02. The van der Waals surface area contributed by atoms with Gasteiger partial charge < -0.3 is 31.0 Å². The fourth-order valence-corrected chi connectivity index (χ4v) is 0.641. The summed E-state index contributed by atoms with van der Waals surface area (Å²) in [7, 11) is 0. The molecular formula is C6H11NO6. The van der Waals surface area contributed by atoms with E-state index in [2.05, 4.69) is 0 Å². The molecule has 0 aromatic carbocycles. The van der Waals surface area contributed by atoms with Crippen LogP contribution < -0.4 is 5.73 Å². The van der Waals surface area contributed by atoms with Gasteiger partial charge in [-0.2, -0.15) is 0 Å². The molecule has 7 heteroatoms. The van der Waals surface area contributed by atoms with Crippen LogP contribution in [-0.2, 0) is 9.59 Å². The maximum Gasteiger partial charge on any atom is 0.335 e. The lowest BCUT2D eigenvalue weighted by atomic mass is 10.0. The maximum absolute atomic E-state index is 10.1. The molecule has 6 N–H and O–H groups in total. The molecular weight excluding hydrogens is 182 g/mol. The minimum atomic E-state index is -2.17. The number of carboxylic acids is 1. The van der Waals surface area contributed by atoms with E-state index >= 15 is 0 Å². The molecule has 0 rings (SSSR count). The van der Waals surface area contributed by atoms with Crippen LogP contribution in [0.15, 0.2) is 0 Å². The van der Waals surface area contributed by atoms with Crippen LogP contribution in [0.3, 0.4) is 0 Å². The van der Waals surface area contributed by atoms with Gasteiger partial charge in [0.2, 0.25) is 0 Å². The first-order chi connectivity index (χ1) is 5.91. The molecule has 0 heterocycles. The number of nitrogens with two attached hydrogens (primary N) is 1. The minimum absolute atomic E-state index is 0.141. The monoisotopic (exact) mass is 193 g/mol. The quantitative estimate of drug-likeness (QED) is 0.287. The molecule has 76 valence electrons. The summed E-state index contributed by atoms with van der Waals surface area (Å²) in [5, 5.41) is 34.8. The highest BCUT2D eigenvalue weighted by Crippen LogP contribution is 2.02. The Morgan fingerprint density at radius 3 is 2.00 bits per heavy atom. The van der Waals surface area contributed by atoms with Crippen LogP contribution in [0.5, 0.6) is 0 Å². The number of carboxylic acid groups (broad SMARTS) is 1. The zero-order valence-corrected chi connectivity index (χ0v) is 6.57. The van der Waals surface area contributed by atoms with Crippen LogP contribution in [0, 0.1) is 0 Å². The summed E-state index contributed by atoms with van der Waals surface area (Å²) in [6.45, 7) is 0. The lowest BCUT2D eigenvalue weighted by molar-refractivity contribution is -0.159. The first-order valence-corrected chi connectivity index (χ1v) is 3.39. The van der Waals surface area contributed by atoms with Crippen LogP contribution >= 0.6 is 0 Å². The fraction of sp³-hybridized carbons (Fsp3) is 0.667. The molecule has 4 atom stereocenters. The number of rotatable bonds is 5. The Kier molecular flexibility index (Phi) is 4.49. The Labute approximate surface area is 73.4 Å². The van der Waals surface area contributed by atoms with Crippen molar-refractivity contribution in [1.29, 1.82) is 0 Å². The lowest BCUT2D eigenvalue weighted by Crippen LogP contribution is -2.51. The third-order valence-corrected chi connectivity index (χ3v) is 1.48. The van der Waals surface area contributed by atoms with Gasteiger partial charge in [0.1, 0.15) is 18.5 Å². The van der Waals surface area contributed by atoms with Gasteiger partial charge in [-0.15, -0.1) is 0 Å². The van der Waals surface area contributed by atoms with E-state index in [4.69, 9.17) is 26.2 Å². The maximum atomic E-state index is 10.1. The van der Waals surface area contributed by atoms with E-state index in [9.17, 15) is 9.59 Å². The van der Waals surface area contributed by atoms with Crippen LogP contribution in [-0.4, -0.2) is 57.0 Å². The van der Waals surface area contributed by atoms with E-state index in [1.807, 2.05) is 0 Å². The normalized spacial score (nSPS) is 20.0. The van der Waals surface area contributed by atoms with Gasteiger partial charge in [0.05, 0.1) is 6.04 Å². The van der Waals surface area contributed by atoms with Crippen LogP contribution in [0.25, 0.3) is 0 Å². The molecule has 13 heavy (non-hydrogen) atoms. The summed E-state index contributed by atoms with van der Waals surface area (Å²) in [5.41, 5.74) is 4.97. The molecule has 0 aliphatic carbocycles. The average Bonchev–Trinajstić information content (AvgIpc) is 2.12. The number of carbonyl (C=O) groups is 2. The molecule has 0 aromatic heterocycles. The molecule has 0 aliphatic rings. The van der Waals surface area contributed by atoms with E-state index in [0.717, 1.165) is 0 Å². The van der Waals surface area contributed by atoms with E-state index in [1.165, 1.54) is 0 Å². The molecule has 0 saturated heterocycles. The number of hydrogen-bond acceptors (Lipinski definition) is 6. The number of carbonyl (C=O) groups excluding carboxylic acids is 1. The van der Waals surface area contributed by atoms with Gasteiger partial charge in [0, 0.05) is 0 Å². The molecule has 0 spiro atoms. The molecule has 0 radical (unpaired) electrons. The summed E-state index contributed by atoms with van der Waals surface area (Å²) < 4.78 is 0. The standard InChI is InChI=1S/C6H11NO6/c7-2(1-8)3(9)4(10)5(11)6(12)13/h1-5,9-11H,7H2,(H,12,13)/t2-,3-,4+,5-/m1/s1. The highest BCUT2D eigenvalue weighted by atomic mass is 16.4. The number of hydrogen-bond donors (Lipinski definition) is 5. The molecule has 0 aromatic rings. The van der Waals surface area contributed by atoms with Crippen molar-refractivity contribution in [3.63, 3.8) is 0 Å². The van der Waals surface area contributed by atoms with Crippen molar-refractivity contribution in [2.75, 3.05) is 0 Å². The first kappa shape index (κ1) is 12.0. The lowest BCUT2D eigenvalue weighted by Gasteiger charge is -2.21. The second kappa shape index (κ2) is 4.87. The Bertz CT molecular complexity index is 196. The largest absolute Gasteiger partial charge is 0.479 e. The topological polar surface area (TPSA) is 141 Å². The summed E-state index contributed by atoms with van der Waals surface area (Å²) in [6, 6.07) is -1.43. The van der Waals surface area contributed by atoms with E-state index in [0.29, 0.717) is 0 Å². The summed E-state index contributed by atoms with van der Waals surface area (Å²) in [5.74, 6) is -1.70. The van der Waals surface area contributed by atoms with Crippen LogP contribution in [0.1, 0.15) is 0 Å². The van der Waals surface area contributed by atoms with Crippen molar-refractivity contribution >= 4 is 12.3 Å². The zero-order chi connectivity index (χ0) is 10.6. The smallest absolute Gasteiger partial charge is 0.335 e. The average molecular weight is 193 g/mol. The third kappa shape index (κ3) is 3.07. The highest BCUT2D eigenvalue weighted by Gasteiger charge is 2.33. The fourth-order valence-electron chi connectivity index (χ4n) is 0.641. The van der Waals surface area contributed by atoms with Gasteiger partial charge in [-0.25, -0.2) is 4.79 Å². The first-order valence-electron chi connectivity index (χ1n) is 3.39. The zero-order valence-electron chi connectivity index (χ0n) is 6.57. The van der Waals surface area contributed by atoms with Gasteiger partial charge in [-0.1, -0.05) is 0 Å². The molecule has 0 aliphatic heterocycles. The van der Waals surface area contributed by atoms with E-state index in [-0.39, 0.29) is 6.29 Å². The molecule has 0 unspecified atom stereocenters. The van der Waals surface area contributed by atoms with Crippen molar-refractivity contribution < 1.29 is 30.0 Å². The van der Waals surface area contributed by atoms with Crippen molar-refractivity contribution in [1.82, 2.24) is 0 Å². The SMILES string of the molecule is N[C@H](C=O)[C@@H](O)[C@H](O)[C@@H](O)C(=O)O. The van der Waals surface area contributed by atoms with Crippen LogP contribution in [0.2, 0.25) is 0 Å². The predicted octanol–water partition coefficient (Wildman–Crippen LogP) is -3.32. The second-order valence-electron chi connectivity index (χ2n) is 2.48. The van der Waals surface area contributed by atoms with Crippen molar-refractivity contribution in [3.8, 4) is 0 Å². The van der Waals surface area contributed by atoms with Gasteiger partial charge in [-0.05, 0) is 0 Å². The summed E-state index contributed by atoms with van der Waals surface area (Å²) >= 11 is 0. The van der Waals surface area contributed by atoms with Crippen LogP contribution in [0.4, 0.5) is 0 Å². The Morgan fingerprint density at radius 2 is 1.69 bits per heavy atom. The predicted molar refractivity (Wildman–Crippen MR) is 39.7 cm³/mol. The van der Waals surface area contributed by atoms with Gasteiger partial charge in [-0.3, -0.25) is 0 Å². The number of aliphatic carboxylic acids is 1. The van der Waals surface area contributed by atoms with Gasteiger partial charge in [0.15, 0.2) is 6.10 Å². The summed E-state index contributed by atoms with van der Waals surface area (Å²) in [4.78, 5) is 20.1. The molecule has 0 saturated carbocycles. The van der Waals surface area contributed by atoms with Crippen molar-refractivity contribution in [2.24, 2.45) is 5.73 Å². The Morgan fingerprint density at radius 1 is 1.23 bits per heavy atom. The van der Waals surface area contributed by atoms with Crippen molar-refractivity contribution in [3.05, 3.63) is 0 Å². The highest BCUT2D eigenvalue weighted by molar-refractivity contribution is 5.73. The molecule has 0 fully saturated rings.